The number of benzene rings is 1. The molecule has 0 aromatic heterocycles. The van der Waals surface area contributed by atoms with Gasteiger partial charge in [0.2, 0.25) is 0 Å². The van der Waals surface area contributed by atoms with E-state index >= 15 is 0 Å². The third-order valence-corrected chi connectivity index (χ3v) is 3.24. The first-order chi connectivity index (χ1) is 7.78. The lowest BCUT2D eigenvalue weighted by Gasteiger charge is -2.32. The molecule has 6 heteroatoms. The van der Waals surface area contributed by atoms with Gasteiger partial charge in [-0.1, -0.05) is 12.1 Å². The first-order valence-electron chi connectivity index (χ1n) is 5.95. The number of hydrogen-bond donors (Lipinski definition) is 1. The van der Waals surface area contributed by atoms with Crippen LogP contribution in [0.1, 0.15) is 5.56 Å². The van der Waals surface area contributed by atoms with Crippen LogP contribution in [-0.4, -0.2) is 50.1 Å². The molecule has 0 saturated carbocycles. The van der Waals surface area contributed by atoms with Crippen molar-refractivity contribution in [3.63, 3.8) is 0 Å². The Bertz CT molecular complexity index is 324. The fourth-order valence-electron chi connectivity index (χ4n) is 2.04. The molecular weight excluding hydrogens is 305 g/mol. The summed E-state index contributed by atoms with van der Waals surface area (Å²) in [6.07, 6.45) is 0. The van der Waals surface area contributed by atoms with Crippen LogP contribution in [0.15, 0.2) is 24.3 Å². The van der Waals surface area contributed by atoms with Gasteiger partial charge >= 0.3 is 0 Å². The number of piperazine rings is 1. The van der Waals surface area contributed by atoms with Crippen molar-refractivity contribution in [2.45, 2.75) is 6.54 Å². The SMILES string of the molecule is CNc1ccc(CN2CCN(C)CC2)cc1.Cl.Cl.Cl. The van der Waals surface area contributed by atoms with Gasteiger partial charge in [0.05, 0.1) is 0 Å². The quantitative estimate of drug-likeness (QED) is 0.920. The highest BCUT2D eigenvalue weighted by Gasteiger charge is 2.13. The van der Waals surface area contributed by atoms with Crippen molar-refractivity contribution in [1.82, 2.24) is 9.80 Å². The van der Waals surface area contributed by atoms with Gasteiger partial charge in [-0.25, -0.2) is 0 Å². The largest absolute Gasteiger partial charge is 0.388 e. The molecule has 0 radical (unpaired) electrons. The van der Waals surface area contributed by atoms with E-state index in [2.05, 4.69) is 46.4 Å². The van der Waals surface area contributed by atoms with E-state index in [0.717, 1.165) is 6.54 Å². The Morgan fingerprint density at radius 1 is 0.947 bits per heavy atom. The van der Waals surface area contributed by atoms with E-state index in [0.29, 0.717) is 0 Å². The van der Waals surface area contributed by atoms with Crippen molar-refractivity contribution in [1.29, 1.82) is 0 Å². The van der Waals surface area contributed by atoms with E-state index in [1.165, 1.54) is 37.4 Å². The summed E-state index contributed by atoms with van der Waals surface area (Å²) in [7, 11) is 4.15. The highest BCUT2D eigenvalue weighted by atomic mass is 35.5. The summed E-state index contributed by atoms with van der Waals surface area (Å²) in [5.41, 5.74) is 2.59. The van der Waals surface area contributed by atoms with Crippen molar-refractivity contribution in [2.24, 2.45) is 0 Å². The van der Waals surface area contributed by atoms with Crippen molar-refractivity contribution in [3.8, 4) is 0 Å². The molecule has 2 rings (SSSR count). The van der Waals surface area contributed by atoms with Crippen LogP contribution in [-0.2, 0) is 6.54 Å². The Labute approximate surface area is 135 Å². The Morgan fingerprint density at radius 2 is 1.47 bits per heavy atom. The number of nitrogens with one attached hydrogen (secondary N) is 1. The summed E-state index contributed by atoms with van der Waals surface area (Å²) in [6.45, 7) is 5.83. The van der Waals surface area contributed by atoms with Crippen molar-refractivity contribution >= 4 is 42.9 Å². The number of halogens is 3. The smallest absolute Gasteiger partial charge is 0.0337 e. The third-order valence-electron chi connectivity index (χ3n) is 3.24. The fourth-order valence-corrected chi connectivity index (χ4v) is 2.04. The normalized spacial score (nSPS) is 15.7. The van der Waals surface area contributed by atoms with Gasteiger partial charge in [0.15, 0.2) is 0 Å². The third kappa shape index (κ3) is 6.68. The van der Waals surface area contributed by atoms with Crippen LogP contribution in [0.5, 0.6) is 0 Å². The predicted molar refractivity (Wildman–Crippen MR) is 90.5 cm³/mol. The second kappa shape index (κ2) is 10.6. The van der Waals surface area contributed by atoms with Crippen LogP contribution in [0.2, 0.25) is 0 Å². The molecule has 1 aromatic rings. The monoisotopic (exact) mass is 327 g/mol. The molecule has 1 aromatic carbocycles. The molecular formula is C13H24Cl3N3. The lowest BCUT2D eigenvalue weighted by Crippen LogP contribution is -2.43. The number of nitrogens with zero attached hydrogens (tertiary/aromatic N) is 2. The van der Waals surface area contributed by atoms with E-state index in [9.17, 15) is 0 Å². The molecule has 1 saturated heterocycles. The van der Waals surface area contributed by atoms with Crippen LogP contribution in [0.25, 0.3) is 0 Å². The molecule has 0 aliphatic carbocycles. The number of anilines is 1. The van der Waals surface area contributed by atoms with Gasteiger partial charge in [0, 0.05) is 45.5 Å². The molecule has 0 bridgehead atoms. The lowest BCUT2D eigenvalue weighted by molar-refractivity contribution is 0.148. The average Bonchev–Trinajstić information content (AvgIpc) is 2.33. The Morgan fingerprint density at radius 3 is 1.95 bits per heavy atom. The van der Waals surface area contributed by atoms with Crippen LogP contribution in [0.3, 0.4) is 0 Å². The van der Waals surface area contributed by atoms with Gasteiger partial charge in [-0.3, -0.25) is 4.90 Å². The molecule has 1 fully saturated rings. The van der Waals surface area contributed by atoms with Gasteiger partial charge in [0.1, 0.15) is 0 Å². The van der Waals surface area contributed by atoms with E-state index in [-0.39, 0.29) is 37.2 Å². The topological polar surface area (TPSA) is 18.5 Å². The number of rotatable bonds is 3. The maximum atomic E-state index is 3.14. The van der Waals surface area contributed by atoms with Crippen LogP contribution in [0, 0.1) is 0 Å². The van der Waals surface area contributed by atoms with Crippen LogP contribution in [0.4, 0.5) is 5.69 Å². The Kier molecular flexibility index (Phi) is 11.8. The molecule has 3 nitrogen and oxygen atoms in total. The van der Waals surface area contributed by atoms with Crippen molar-refractivity contribution < 1.29 is 0 Å². The van der Waals surface area contributed by atoms with E-state index in [4.69, 9.17) is 0 Å². The average molecular weight is 329 g/mol. The Balaban J connectivity index is 0. The molecule has 0 atom stereocenters. The minimum Gasteiger partial charge on any atom is -0.388 e. The van der Waals surface area contributed by atoms with Gasteiger partial charge in [-0.05, 0) is 24.7 Å². The molecule has 0 amide bonds. The number of likely N-dealkylation sites (N-methyl/N-ethyl adjacent to an activating group) is 1. The van der Waals surface area contributed by atoms with E-state index < -0.39 is 0 Å². The second-order valence-corrected chi connectivity index (χ2v) is 4.53. The Hall–Kier alpha value is -0.190. The molecule has 0 unspecified atom stereocenters. The van der Waals surface area contributed by atoms with Crippen molar-refractivity contribution in [2.75, 3.05) is 45.6 Å². The van der Waals surface area contributed by atoms with Crippen LogP contribution >= 0.6 is 37.2 Å². The molecule has 1 N–H and O–H groups in total. The summed E-state index contributed by atoms with van der Waals surface area (Å²) in [6, 6.07) is 8.71. The van der Waals surface area contributed by atoms with Gasteiger partial charge in [-0.2, -0.15) is 0 Å². The van der Waals surface area contributed by atoms with Gasteiger partial charge in [-0.15, -0.1) is 37.2 Å². The van der Waals surface area contributed by atoms with Gasteiger partial charge < -0.3 is 10.2 Å². The standard InChI is InChI=1S/C13H21N3.3ClH/c1-14-13-5-3-12(4-6-13)11-16-9-7-15(2)8-10-16;;;/h3-6,14H,7-11H2,1-2H3;3*1H. The second-order valence-electron chi connectivity index (χ2n) is 4.53. The van der Waals surface area contributed by atoms with Crippen LogP contribution < -0.4 is 5.32 Å². The molecule has 1 aliphatic rings. The zero-order chi connectivity index (χ0) is 11.4. The molecule has 19 heavy (non-hydrogen) atoms. The summed E-state index contributed by atoms with van der Waals surface area (Å²) in [5.74, 6) is 0. The predicted octanol–water partition coefficient (Wildman–Crippen LogP) is 2.74. The van der Waals surface area contributed by atoms with E-state index in [1.54, 1.807) is 0 Å². The summed E-state index contributed by atoms with van der Waals surface area (Å²) < 4.78 is 0. The first kappa shape index (κ1) is 21.1. The zero-order valence-electron chi connectivity index (χ0n) is 11.5. The van der Waals surface area contributed by atoms with Crippen molar-refractivity contribution in [3.05, 3.63) is 29.8 Å². The lowest BCUT2D eigenvalue weighted by atomic mass is 10.2. The zero-order valence-corrected chi connectivity index (χ0v) is 13.9. The van der Waals surface area contributed by atoms with E-state index in [1.807, 2.05) is 7.05 Å². The molecule has 1 aliphatic heterocycles. The summed E-state index contributed by atoms with van der Waals surface area (Å²) in [5, 5.41) is 3.14. The summed E-state index contributed by atoms with van der Waals surface area (Å²) >= 11 is 0. The molecule has 1 heterocycles. The fraction of sp³-hybridized carbons (Fsp3) is 0.538. The minimum atomic E-state index is 0. The molecule has 112 valence electrons. The summed E-state index contributed by atoms with van der Waals surface area (Å²) in [4.78, 5) is 4.91. The maximum Gasteiger partial charge on any atom is 0.0337 e. The minimum absolute atomic E-state index is 0. The first-order valence-corrected chi connectivity index (χ1v) is 5.95. The highest BCUT2D eigenvalue weighted by molar-refractivity contribution is 5.86. The highest BCUT2D eigenvalue weighted by Crippen LogP contribution is 2.11. The number of hydrogen-bond acceptors (Lipinski definition) is 3. The van der Waals surface area contributed by atoms with Gasteiger partial charge in [0.25, 0.3) is 0 Å². The maximum absolute atomic E-state index is 3.14. The molecule has 0 spiro atoms.